The van der Waals surface area contributed by atoms with E-state index in [0.29, 0.717) is 0 Å². The summed E-state index contributed by atoms with van der Waals surface area (Å²) in [7, 11) is 0. The van der Waals surface area contributed by atoms with Gasteiger partial charge in [0.15, 0.2) is 0 Å². The van der Waals surface area contributed by atoms with Gasteiger partial charge in [0.1, 0.15) is 0 Å². The summed E-state index contributed by atoms with van der Waals surface area (Å²) in [6.45, 7) is 12.6. The van der Waals surface area contributed by atoms with Gasteiger partial charge >= 0.3 is 0 Å². The van der Waals surface area contributed by atoms with Crippen LogP contribution in [0.5, 0.6) is 0 Å². The van der Waals surface area contributed by atoms with Crippen molar-refractivity contribution in [3.8, 4) is 0 Å². The Labute approximate surface area is 153 Å². The molecule has 0 spiro atoms. The summed E-state index contributed by atoms with van der Waals surface area (Å²) in [5, 5.41) is 10.7. The summed E-state index contributed by atoms with van der Waals surface area (Å²) < 4.78 is 0. The maximum atomic E-state index is 3.63. The van der Waals surface area contributed by atoms with Crippen molar-refractivity contribution in [2.75, 3.05) is 36.8 Å². The van der Waals surface area contributed by atoms with Crippen molar-refractivity contribution in [1.29, 1.82) is 0 Å². The molecule has 0 saturated carbocycles. The molecule has 0 saturated heterocycles. The van der Waals surface area contributed by atoms with E-state index in [2.05, 4.69) is 80.0 Å². The van der Waals surface area contributed by atoms with Crippen molar-refractivity contribution in [3.63, 3.8) is 0 Å². The second-order valence-corrected chi connectivity index (χ2v) is 6.53. The second-order valence-electron chi connectivity index (χ2n) is 6.53. The third-order valence-corrected chi connectivity index (χ3v) is 4.69. The lowest BCUT2D eigenvalue weighted by atomic mass is 10.0. The number of para-hydroxylation sites is 2. The Bertz CT molecular complexity index is 622. The molecule has 0 bridgehead atoms. The van der Waals surface area contributed by atoms with Gasteiger partial charge in [-0.2, -0.15) is 0 Å². The molecule has 3 N–H and O–H groups in total. The van der Waals surface area contributed by atoms with Crippen molar-refractivity contribution in [2.45, 2.75) is 40.5 Å². The minimum atomic E-state index is 0.942. The smallest absolute Gasteiger partial charge is 0.0405 e. The highest BCUT2D eigenvalue weighted by Gasteiger charge is 2.05. The molecule has 0 radical (unpaired) electrons. The van der Waals surface area contributed by atoms with Gasteiger partial charge in [-0.1, -0.05) is 50.2 Å². The van der Waals surface area contributed by atoms with Crippen LogP contribution in [0.1, 0.15) is 36.1 Å². The average molecular weight is 340 g/mol. The standard InChI is InChI=1S/C22H33N3/c1-5-19-11-8-12-20(6-2)22(19)25-16-14-23-13-15-24-21-17(3)9-7-10-18(21)4/h7-12,23-25H,5-6,13-16H2,1-4H3. The number of nitrogens with one attached hydrogen (secondary N) is 3. The quantitative estimate of drug-likeness (QED) is 0.556. The molecule has 0 aliphatic rings. The lowest BCUT2D eigenvalue weighted by Gasteiger charge is -2.16. The van der Waals surface area contributed by atoms with E-state index in [4.69, 9.17) is 0 Å². The molecule has 25 heavy (non-hydrogen) atoms. The van der Waals surface area contributed by atoms with Gasteiger partial charge in [0.25, 0.3) is 0 Å². The van der Waals surface area contributed by atoms with Crippen LogP contribution in [0.25, 0.3) is 0 Å². The highest BCUT2D eigenvalue weighted by molar-refractivity contribution is 5.58. The second kappa shape index (κ2) is 10.1. The van der Waals surface area contributed by atoms with Crippen LogP contribution in [0.2, 0.25) is 0 Å². The van der Waals surface area contributed by atoms with Crippen molar-refractivity contribution in [3.05, 3.63) is 58.7 Å². The molecule has 0 atom stereocenters. The highest BCUT2D eigenvalue weighted by Crippen LogP contribution is 2.22. The largest absolute Gasteiger partial charge is 0.383 e. The first-order valence-electron chi connectivity index (χ1n) is 9.52. The predicted molar refractivity (Wildman–Crippen MR) is 111 cm³/mol. The Morgan fingerprint density at radius 3 is 1.64 bits per heavy atom. The van der Waals surface area contributed by atoms with E-state index >= 15 is 0 Å². The van der Waals surface area contributed by atoms with E-state index in [1.165, 1.54) is 33.6 Å². The molecule has 0 aliphatic heterocycles. The zero-order chi connectivity index (χ0) is 18.1. The molecule has 0 aromatic heterocycles. The molecular weight excluding hydrogens is 306 g/mol. The van der Waals surface area contributed by atoms with Gasteiger partial charge in [-0.05, 0) is 48.9 Å². The van der Waals surface area contributed by atoms with Crippen molar-refractivity contribution in [1.82, 2.24) is 5.32 Å². The van der Waals surface area contributed by atoms with Crippen LogP contribution in [-0.4, -0.2) is 26.2 Å². The average Bonchev–Trinajstić information content (AvgIpc) is 2.62. The molecule has 0 unspecified atom stereocenters. The summed E-state index contributed by atoms with van der Waals surface area (Å²) in [5.74, 6) is 0. The molecule has 0 heterocycles. The Kier molecular flexibility index (Phi) is 7.80. The number of benzene rings is 2. The summed E-state index contributed by atoms with van der Waals surface area (Å²) in [4.78, 5) is 0. The lowest BCUT2D eigenvalue weighted by Crippen LogP contribution is -2.27. The van der Waals surface area contributed by atoms with Crippen molar-refractivity contribution >= 4 is 11.4 Å². The molecule has 2 aromatic rings. The summed E-state index contributed by atoms with van der Waals surface area (Å²) in [5.41, 5.74) is 8.05. The fourth-order valence-corrected chi connectivity index (χ4v) is 3.24. The Morgan fingerprint density at radius 2 is 1.12 bits per heavy atom. The predicted octanol–water partition coefficient (Wildman–Crippen LogP) is 4.54. The molecule has 3 heteroatoms. The molecule has 0 fully saturated rings. The summed E-state index contributed by atoms with van der Waals surface area (Å²) in [6.07, 6.45) is 2.15. The molecule has 3 nitrogen and oxygen atoms in total. The number of hydrogen-bond acceptors (Lipinski definition) is 3. The molecule has 2 aromatic carbocycles. The minimum absolute atomic E-state index is 0.942. The highest BCUT2D eigenvalue weighted by atomic mass is 15.0. The first-order chi connectivity index (χ1) is 12.2. The van der Waals surface area contributed by atoms with Gasteiger partial charge in [0.2, 0.25) is 0 Å². The van der Waals surface area contributed by atoms with E-state index in [1.807, 2.05) is 0 Å². The van der Waals surface area contributed by atoms with E-state index in [-0.39, 0.29) is 0 Å². The third kappa shape index (κ3) is 5.50. The van der Waals surface area contributed by atoms with Gasteiger partial charge in [-0.15, -0.1) is 0 Å². The molecule has 136 valence electrons. The fraction of sp³-hybridized carbons (Fsp3) is 0.455. The topological polar surface area (TPSA) is 36.1 Å². The molecule has 0 aliphatic carbocycles. The van der Waals surface area contributed by atoms with Gasteiger partial charge < -0.3 is 16.0 Å². The first kappa shape index (κ1) is 19.3. The maximum absolute atomic E-state index is 3.63. The maximum Gasteiger partial charge on any atom is 0.0405 e. The number of hydrogen-bond donors (Lipinski definition) is 3. The van der Waals surface area contributed by atoms with E-state index < -0.39 is 0 Å². The van der Waals surface area contributed by atoms with Crippen LogP contribution in [0.15, 0.2) is 36.4 Å². The lowest BCUT2D eigenvalue weighted by molar-refractivity contribution is 0.718. The zero-order valence-electron chi connectivity index (χ0n) is 16.2. The zero-order valence-corrected chi connectivity index (χ0v) is 16.2. The van der Waals surface area contributed by atoms with Crippen LogP contribution in [-0.2, 0) is 12.8 Å². The monoisotopic (exact) mass is 339 g/mol. The Hall–Kier alpha value is -2.00. The van der Waals surface area contributed by atoms with Crippen LogP contribution in [0.4, 0.5) is 11.4 Å². The normalized spacial score (nSPS) is 10.7. The number of aryl methyl sites for hydroxylation is 4. The number of anilines is 2. The van der Waals surface area contributed by atoms with E-state index in [9.17, 15) is 0 Å². The van der Waals surface area contributed by atoms with Gasteiger partial charge in [-0.3, -0.25) is 0 Å². The minimum Gasteiger partial charge on any atom is -0.383 e. The van der Waals surface area contributed by atoms with E-state index in [0.717, 1.165) is 39.0 Å². The van der Waals surface area contributed by atoms with Gasteiger partial charge in [0, 0.05) is 37.6 Å². The van der Waals surface area contributed by atoms with Gasteiger partial charge in [0.05, 0.1) is 0 Å². The molecular formula is C22H33N3. The summed E-state index contributed by atoms with van der Waals surface area (Å²) in [6, 6.07) is 13.0. The van der Waals surface area contributed by atoms with Crippen molar-refractivity contribution < 1.29 is 0 Å². The van der Waals surface area contributed by atoms with Crippen LogP contribution in [0.3, 0.4) is 0 Å². The van der Waals surface area contributed by atoms with Gasteiger partial charge in [-0.25, -0.2) is 0 Å². The SMILES string of the molecule is CCc1cccc(CC)c1NCCNCCNc1c(C)cccc1C. The Balaban J connectivity index is 1.71. The summed E-state index contributed by atoms with van der Waals surface area (Å²) >= 11 is 0. The first-order valence-corrected chi connectivity index (χ1v) is 9.52. The third-order valence-electron chi connectivity index (χ3n) is 4.69. The van der Waals surface area contributed by atoms with Crippen LogP contribution in [0, 0.1) is 13.8 Å². The Morgan fingerprint density at radius 1 is 0.640 bits per heavy atom. The molecule has 2 rings (SSSR count). The van der Waals surface area contributed by atoms with Crippen LogP contribution < -0.4 is 16.0 Å². The molecule has 0 amide bonds. The number of rotatable bonds is 10. The van der Waals surface area contributed by atoms with Crippen LogP contribution >= 0.6 is 0 Å². The van der Waals surface area contributed by atoms with Crippen molar-refractivity contribution in [2.24, 2.45) is 0 Å². The van der Waals surface area contributed by atoms with E-state index in [1.54, 1.807) is 0 Å². The fourth-order valence-electron chi connectivity index (χ4n) is 3.24.